The van der Waals surface area contributed by atoms with Crippen molar-refractivity contribution in [3.63, 3.8) is 0 Å². The third-order valence-corrected chi connectivity index (χ3v) is 5.50. The summed E-state index contributed by atoms with van der Waals surface area (Å²) in [6.45, 7) is 0. The highest BCUT2D eigenvalue weighted by Gasteiger charge is 2.13. The Kier molecular flexibility index (Phi) is 5.58. The number of carboxylic acids is 1. The van der Waals surface area contributed by atoms with E-state index in [0.717, 1.165) is 26.4 Å². The smallest absolute Gasteiger partial charge is 0.303 e. The molecule has 3 rings (SSSR count). The molecule has 0 fully saturated rings. The second kappa shape index (κ2) is 7.88. The highest BCUT2D eigenvalue weighted by Crippen LogP contribution is 2.37. The van der Waals surface area contributed by atoms with Crippen LogP contribution >= 0.6 is 27.3 Å². The number of rotatable bonds is 6. The number of hydrogen-bond donors (Lipinski definition) is 2. The van der Waals surface area contributed by atoms with Crippen molar-refractivity contribution >= 4 is 55.1 Å². The lowest BCUT2D eigenvalue weighted by molar-refractivity contribution is -0.136. The van der Waals surface area contributed by atoms with Crippen molar-refractivity contribution in [1.82, 2.24) is 4.98 Å². The highest BCUT2D eigenvalue weighted by molar-refractivity contribution is 9.10. The van der Waals surface area contributed by atoms with Gasteiger partial charge in [-0.25, -0.2) is 4.98 Å². The molecule has 5 nitrogen and oxygen atoms in total. The number of ether oxygens (including phenoxy) is 1. The van der Waals surface area contributed by atoms with E-state index in [1.54, 1.807) is 12.1 Å². The van der Waals surface area contributed by atoms with Crippen LogP contribution in [0.5, 0.6) is 11.5 Å². The fourth-order valence-electron chi connectivity index (χ4n) is 2.53. The Morgan fingerprint density at radius 2 is 2.08 bits per heavy atom. The van der Waals surface area contributed by atoms with E-state index in [0.29, 0.717) is 16.6 Å². The summed E-state index contributed by atoms with van der Waals surface area (Å²) in [5.41, 5.74) is 2.50. The number of fused-ring (bicyclic) bond motifs is 1. The zero-order chi connectivity index (χ0) is 18.7. The molecule has 0 spiro atoms. The molecule has 3 aromatic rings. The molecule has 0 radical (unpaired) electrons. The quantitative estimate of drug-likeness (QED) is 0.559. The van der Waals surface area contributed by atoms with Crippen LogP contribution in [0.25, 0.3) is 21.9 Å². The summed E-state index contributed by atoms with van der Waals surface area (Å²) in [6.07, 6.45) is 2.25. The fraction of sp³-hybridized carbons (Fsp3) is 0.158. The molecule has 0 bridgehead atoms. The lowest BCUT2D eigenvalue weighted by Crippen LogP contribution is -1.95. The summed E-state index contributed by atoms with van der Waals surface area (Å²) in [6, 6.07) is 11.3. The number of hydrogen-bond acceptors (Lipinski definition) is 5. The zero-order valence-electron chi connectivity index (χ0n) is 13.9. The monoisotopic (exact) mass is 433 g/mol. The number of carboxylic acid groups (broad SMARTS) is 1. The molecule has 0 aliphatic carbocycles. The number of para-hydroxylation sites is 1. The van der Waals surface area contributed by atoms with E-state index in [1.165, 1.54) is 18.4 Å². The van der Waals surface area contributed by atoms with Gasteiger partial charge in [0.05, 0.1) is 21.8 Å². The van der Waals surface area contributed by atoms with Gasteiger partial charge in [0, 0.05) is 6.42 Å². The predicted octanol–water partition coefficient (Wildman–Crippen LogP) is 5.18. The van der Waals surface area contributed by atoms with Crippen molar-refractivity contribution in [2.24, 2.45) is 0 Å². The van der Waals surface area contributed by atoms with Gasteiger partial charge in [0.1, 0.15) is 5.01 Å². The van der Waals surface area contributed by atoms with Gasteiger partial charge < -0.3 is 14.9 Å². The minimum absolute atomic E-state index is 0.0121. The van der Waals surface area contributed by atoms with Gasteiger partial charge >= 0.3 is 5.97 Å². The minimum Gasteiger partial charge on any atom is -0.503 e. The molecule has 1 aromatic heterocycles. The largest absolute Gasteiger partial charge is 0.503 e. The number of aromatic hydroxyl groups is 1. The third kappa shape index (κ3) is 4.05. The summed E-state index contributed by atoms with van der Waals surface area (Å²) in [7, 11) is 1.48. The predicted molar refractivity (Wildman–Crippen MR) is 107 cm³/mol. The second-order valence-electron chi connectivity index (χ2n) is 5.60. The Hall–Kier alpha value is -2.38. The van der Waals surface area contributed by atoms with Crippen molar-refractivity contribution in [3.05, 3.63) is 51.4 Å². The van der Waals surface area contributed by atoms with Gasteiger partial charge in [-0.2, -0.15) is 0 Å². The maximum absolute atomic E-state index is 11.1. The third-order valence-electron chi connectivity index (χ3n) is 3.79. The number of aliphatic carboxylic acids is 1. The topological polar surface area (TPSA) is 79.7 Å². The summed E-state index contributed by atoms with van der Waals surface area (Å²) in [5.74, 6) is -0.495. The normalized spacial score (nSPS) is 11.7. The van der Waals surface area contributed by atoms with Crippen LogP contribution in [-0.2, 0) is 4.79 Å². The lowest BCUT2D eigenvalue weighted by atomic mass is 10.1. The van der Waals surface area contributed by atoms with Crippen LogP contribution < -0.4 is 4.74 Å². The average molecular weight is 434 g/mol. The van der Waals surface area contributed by atoms with Crippen molar-refractivity contribution < 1.29 is 19.7 Å². The summed E-state index contributed by atoms with van der Waals surface area (Å²) < 4.78 is 6.74. The van der Waals surface area contributed by atoms with E-state index in [4.69, 9.17) is 9.84 Å². The van der Waals surface area contributed by atoms with Crippen LogP contribution in [0.2, 0.25) is 0 Å². The Morgan fingerprint density at radius 3 is 2.77 bits per heavy atom. The van der Waals surface area contributed by atoms with Crippen LogP contribution in [0.1, 0.15) is 23.4 Å². The number of phenols is 1. The fourth-order valence-corrected chi connectivity index (χ4v) is 3.99. The number of halogens is 1. The summed E-state index contributed by atoms with van der Waals surface area (Å²) in [5, 5.41) is 19.8. The molecule has 0 aliphatic rings. The number of phenolic OH excluding ortho intramolecular Hbond substituents is 1. The first-order valence-corrected chi connectivity index (χ1v) is 9.43. The van der Waals surface area contributed by atoms with Crippen molar-refractivity contribution in [1.29, 1.82) is 0 Å². The van der Waals surface area contributed by atoms with Crippen LogP contribution in [0.3, 0.4) is 0 Å². The minimum atomic E-state index is -0.860. The molecular formula is C19H16BrNO4S. The number of carbonyl (C=O) groups is 1. The van der Waals surface area contributed by atoms with Crippen LogP contribution in [0.15, 0.2) is 40.9 Å². The van der Waals surface area contributed by atoms with Gasteiger partial charge in [-0.05, 0) is 63.8 Å². The molecule has 2 N–H and O–H groups in total. The molecule has 2 aromatic carbocycles. The molecule has 26 heavy (non-hydrogen) atoms. The van der Waals surface area contributed by atoms with Gasteiger partial charge in [0.2, 0.25) is 0 Å². The van der Waals surface area contributed by atoms with Gasteiger partial charge in [-0.1, -0.05) is 12.1 Å². The van der Waals surface area contributed by atoms with Gasteiger partial charge in [-0.15, -0.1) is 11.3 Å². The second-order valence-corrected chi connectivity index (χ2v) is 7.49. The van der Waals surface area contributed by atoms with Crippen molar-refractivity contribution in [2.75, 3.05) is 7.11 Å². The molecule has 134 valence electrons. The number of allylic oxidation sites excluding steroid dienone is 1. The average Bonchev–Trinajstić information content (AvgIpc) is 3.05. The molecule has 0 atom stereocenters. The lowest BCUT2D eigenvalue weighted by Gasteiger charge is -2.08. The van der Waals surface area contributed by atoms with E-state index in [2.05, 4.69) is 20.9 Å². The number of aromatic nitrogens is 1. The molecule has 0 saturated heterocycles. The summed E-state index contributed by atoms with van der Waals surface area (Å²) >= 11 is 4.84. The first-order valence-electron chi connectivity index (χ1n) is 7.82. The van der Waals surface area contributed by atoms with Gasteiger partial charge in [0.25, 0.3) is 0 Å². The first-order chi connectivity index (χ1) is 12.5. The molecule has 0 saturated carbocycles. The standard InChI is InChI=1S/C19H16BrNO4S/c1-25-15-10-11(9-13(20)18(15)24)8-12(6-7-17(22)23)19-21-14-4-2-3-5-16(14)26-19/h2-5,8-10,24H,6-7H2,1H3,(H,22,23)/b12-8+. The SMILES string of the molecule is COc1cc(/C=C(\CCC(=O)O)c2nc3ccccc3s2)cc(Br)c1O. The van der Waals surface area contributed by atoms with Crippen molar-refractivity contribution in [2.45, 2.75) is 12.8 Å². The molecule has 0 amide bonds. The molecule has 0 aliphatic heterocycles. The maximum atomic E-state index is 11.1. The van der Waals surface area contributed by atoms with E-state index in [-0.39, 0.29) is 12.2 Å². The number of benzene rings is 2. The zero-order valence-corrected chi connectivity index (χ0v) is 16.3. The van der Waals surface area contributed by atoms with Crippen LogP contribution in [-0.4, -0.2) is 28.3 Å². The Bertz CT molecular complexity index is 963. The molecule has 1 heterocycles. The van der Waals surface area contributed by atoms with E-state index in [1.807, 2.05) is 30.3 Å². The molecule has 0 unspecified atom stereocenters. The van der Waals surface area contributed by atoms with Crippen molar-refractivity contribution in [3.8, 4) is 11.5 Å². The Morgan fingerprint density at radius 1 is 1.31 bits per heavy atom. The number of nitrogens with zero attached hydrogens (tertiary/aromatic N) is 1. The van der Waals surface area contributed by atoms with E-state index >= 15 is 0 Å². The van der Waals surface area contributed by atoms with Crippen LogP contribution in [0.4, 0.5) is 0 Å². The van der Waals surface area contributed by atoms with Crippen LogP contribution in [0, 0.1) is 0 Å². The van der Waals surface area contributed by atoms with E-state index in [9.17, 15) is 9.90 Å². The number of thiazole rings is 1. The molecular weight excluding hydrogens is 418 g/mol. The summed E-state index contributed by atoms with van der Waals surface area (Å²) in [4.78, 5) is 15.7. The molecule has 7 heteroatoms. The Labute approximate surface area is 162 Å². The Balaban J connectivity index is 2.07. The van der Waals surface area contributed by atoms with Gasteiger partial charge in [-0.3, -0.25) is 4.79 Å². The number of methoxy groups -OCH3 is 1. The maximum Gasteiger partial charge on any atom is 0.303 e. The van der Waals surface area contributed by atoms with E-state index < -0.39 is 5.97 Å². The first kappa shape index (κ1) is 18.4. The van der Waals surface area contributed by atoms with Gasteiger partial charge in [0.15, 0.2) is 11.5 Å². The highest BCUT2D eigenvalue weighted by atomic mass is 79.9.